The van der Waals surface area contributed by atoms with E-state index in [1.807, 2.05) is 18.2 Å². The maximum Gasteiger partial charge on any atom is 0.170 e. The van der Waals surface area contributed by atoms with E-state index in [0.29, 0.717) is 11.4 Å². The Morgan fingerprint density at radius 2 is 1.68 bits per heavy atom. The quantitative estimate of drug-likeness (QED) is 0.694. The lowest BCUT2D eigenvalue weighted by atomic mass is 10.1. The third kappa shape index (κ3) is 3.20. The maximum absolute atomic E-state index is 12.8. The fraction of sp³-hybridized carbons (Fsp3) is 0.0588. The molecule has 22 heavy (non-hydrogen) atoms. The smallest absolute Gasteiger partial charge is 0.170 e. The van der Waals surface area contributed by atoms with Crippen molar-refractivity contribution in [2.45, 2.75) is 6.42 Å². The summed E-state index contributed by atoms with van der Waals surface area (Å²) >= 11 is 0. The largest absolute Gasteiger partial charge is 0.294 e. The molecule has 0 aliphatic heterocycles. The minimum atomic E-state index is -0.368. The van der Waals surface area contributed by atoms with Crippen molar-refractivity contribution in [2.24, 2.45) is 0 Å². The number of ketones is 1. The highest BCUT2D eigenvalue weighted by atomic mass is 19.1. The van der Waals surface area contributed by atoms with Crippen molar-refractivity contribution in [1.29, 1.82) is 0 Å². The molecule has 0 aliphatic carbocycles. The Labute approximate surface area is 126 Å². The maximum atomic E-state index is 12.8. The number of hydrogen-bond donors (Lipinski definition) is 0. The highest BCUT2D eigenvalue weighted by Crippen LogP contribution is 2.14. The molecular weight excluding hydrogens is 281 g/mol. The van der Waals surface area contributed by atoms with Crippen molar-refractivity contribution in [2.75, 3.05) is 0 Å². The fourth-order valence-electron chi connectivity index (χ4n) is 1.99. The molecule has 2 aromatic heterocycles. The molecule has 0 fully saturated rings. The van der Waals surface area contributed by atoms with Crippen molar-refractivity contribution in [3.63, 3.8) is 0 Å². The van der Waals surface area contributed by atoms with E-state index in [-0.39, 0.29) is 18.0 Å². The number of nitrogens with zero attached hydrogens (tertiary/aromatic N) is 3. The molecule has 1 aromatic carbocycles. The van der Waals surface area contributed by atoms with Gasteiger partial charge < -0.3 is 0 Å². The van der Waals surface area contributed by atoms with E-state index in [1.165, 1.54) is 24.3 Å². The Balaban J connectivity index is 1.73. The summed E-state index contributed by atoms with van der Waals surface area (Å²) in [7, 11) is 0. The number of aromatic nitrogens is 3. The summed E-state index contributed by atoms with van der Waals surface area (Å²) in [6.07, 6.45) is 5.06. The molecule has 0 aliphatic rings. The fourth-order valence-corrected chi connectivity index (χ4v) is 1.99. The third-order valence-electron chi connectivity index (χ3n) is 3.15. The molecule has 0 spiro atoms. The van der Waals surface area contributed by atoms with Crippen LogP contribution in [0.25, 0.3) is 11.3 Å². The van der Waals surface area contributed by atoms with Gasteiger partial charge in [-0.05, 0) is 36.4 Å². The molecule has 0 radical (unpaired) electrons. The second-order valence-corrected chi connectivity index (χ2v) is 4.71. The lowest BCUT2D eigenvalue weighted by molar-refractivity contribution is 0.0990. The van der Waals surface area contributed by atoms with E-state index in [9.17, 15) is 9.18 Å². The SMILES string of the molecule is O=C(Cc1ncc(-c2ccccn2)cn1)c1ccc(F)cc1. The highest BCUT2D eigenvalue weighted by molar-refractivity contribution is 5.97. The van der Waals surface area contributed by atoms with Gasteiger partial charge in [0.1, 0.15) is 11.6 Å². The molecule has 0 bridgehead atoms. The molecule has 0 atom stereocenters. The molecule has 0 saturated heterocycles. The summed E-state index contributed by atoms with van der Waals surface area (Å²) in [6.45, 7) is 0. The van der Waals surface area contributed by atoms with Crippen LogP contribution in [0, 0.1) is 5.82 Å². The first-order chi connectivity index (χ1) is 10.7. The molecule has 0 amide bonds. The summed E-state index contributed by atoms with van der Waals surface area (Å²) in [5, 5.41) is 0. The first-order valence-corrected chi connectivity index (χ1v) is 6.73. The van der Waals surface area contributed by atoms with Crippen molar-refractivity contribution in [3.8, 4) is 11.3 Å². The van der Waals surface area contributed by atoms with E-state index in [2.05, 4.69) is 15.0 Å². The minimum Gasteiger partial charge on any atom is -0.294 e. The standard InChI is InChI=1S/C17H12FN3O/c18-14-6-4-12(5-7-14)16(22)9-17-20-10-13(11-21-17)15-3-1-2-8-19-15/h1-8,10-11H,9H2. The van der Waals surface area contributed by atoms with Crippen LogP contribution < -0.4 is 0 Å². The van der Waals surface area contributed by atoms with Crippen LogP contribution in [0.4, 0.5) is 4.39 Å². The molecule has 108 valence electrons. The highest BCUT2D eigenvalue weighted by Gasteiger charge is 2.09. The number of benzene rings is 1. The third-order valence-corrected chi connectivity index (χ3v) is 3.15. The van der Waals surface area contributed by atoms with Crippen LogP contribution >= 0.6 is 0 Å². The van der Waals surface area contributed by atoms with Crippen molar-refractivity contribution in [1.82, 2.24) is 15.0 Å². The van der Waals surface area contributed by atoms with Crippen LogP contribution in [0.3, 0.4) is 0 Å². The first kappa shape index (κ1) is 14.0. The molecular formula is C17H12FN3O. The number of halogens is 1. The molecule has 3 aromatic rings. The molecule has 5 heteroatoms. The average Bonchev–Trinajstić information content (AvgIpc) is 2.57. The predicted octanol–water partition coefficient (Wildman–Crippen LogP) is 3.10. The first-order valence-electron chi connectivity index (χ1n) is 6.73. The molecule has 3 rings (SSSR count). The Hall–Kier alpha value is -2.95. The topological polar surface area (TPSA) is 55.7 Å². The number of rotatable bonds is 4. The number of hydrogen-bond acceptors (Lipinski definition) is 4. The minimum absolute atomic E-state index is 0.0775. The van der Waals surface area contributed by atoms with E-state index in [0.717, 1.165) is 11.3 Å². The number of carbonyl (C=O) groups is 1. The second-order valence-electron chi connectivity index (χ2n) is 4.71. The van der Waals surface area contributed by atoms with Gasteiger partial charge in [0, 0.05) is 29.7 Å². The van der Waals surface area contributed by atoms with Crippen LogP contribution in [0.15, 0.2) is 61.1 Å². The lowest BCUT2D eigenvalue weighted by Gasteiger charge is -2.02. The van der Waals surface area contributed by atoms with E-state index < -0.39 is 0 Å². The summed E-state index contributed by atoms with van der Waals surface area (Å²) in [5.74, 6) is -0.0906. The molecule has 0 N–H and O–H groups in total. The van der Waals surface area contributed by atoms with Gasteiger partial charge >= 0.3 is 0 Å². The predicted molar refractivity (Wildman–Crippen MR) is 79.7 cm³/mol. The molecule has 0 unspecified atom stereocenters. The summed E-state index contributed by atoms with van der Waals surface area (Å²) in [6, 6.07) is 11.0. The van der Waals surface area contributed by atoms with Gasteiger partial charge in [-0.2, -0.15) is 0 Å². The van der Waals surface area contributed by atoms with Crippen molar-refractivity contribution in [3.05, 3.63) is 78.3 Å². The van der Waals surface area contributed by atoms with E-state index in [4.69, 9.17) is 0 Å². The number of carbonyl (C=O) groups excluding carboxylic acids is 1. The zero-order chi connectivity index (χ0) is 15.4. The number of Topliss-reactive ketones (excluding diaryl/α,β-unsaturated/α-hetero) is 1. The van der Waals surface area contributed by atoms with Crippen LogP contribution in [0.2, 0.25) is 0 Å². The molecule has 4 nitrogen and oxygen atoms in total. The van der Waals surface area contributed by atoms with E-state index in [1.54, 1.807) is 18.6 Å². The van der Waals surface area contributed by atoms with Gasteiger partial charge in [-0.1, -0.05) is 6.07 Å². The van der Waals surface area contributed by atoms with Gasteiger partial charge in [0.05, 0.1) is 12.1 Å². The molecule has 2 heterocycles. The Bertz CT molecular complexity index is 771. The van der Waals surface area contributed by atoms with Crippen LogP contribution in [-0.2, 0) is 6.42 Å². The Kier molecular flexibility index (Phi) is 3.96. The summed E-state index contributed by atoms with van der Waals surface area (Å²) in [4.78, 5) is 24.7. The second kappa shape index (κ2) is 6.22. The summed E-state index contributed by atoms with van der Waals surface area (Å²) in [5.41, 5.74) is 2.01. The van der Waals surface area contributed by atoms with Crippen molar-refractivity contribution < 1.29 is 9.18 Å². The zero-order valence-electron chi connectivity index (χ0n) is 11.6. The average molecular weight is 293 g/mol. The van der Waals surface area contributed by atoms with Gasteiger partial charge in [-0.25, -0.2) is 14.4 Å². The van der Waals surface area contributed by atoms with Gasteiger partial charge in [0.15, 0.2) is 5.78 Å². The van der Waals surface area contributed by atoms with Crippen molar-refractivity contribution >= 4 is 5.78 Å². The van der Waals surface area contributed by atoms with Crippen LogP contribution in [0.5, 0.6) is 0 Å². The van der Waals surface area contributed by atoms with Gasteiger partial charge in [0.25, 0.3) is 0 Å². The normalized spacial score (nSPS) is 10.4. The van der Waals surface area contributed by atoms with Crippen LogP contribution in [-0.4, -0.2) is 20.7 Å². The van der Waals surface area contributed by atoms with Gasteiger partial charge in [-0.3, -0.25) is 9.78 Å². The number of pyridine rings is 1. The Morgan fingerprint density at radius 1 is 0.955 bits per heavy atom. The Morgan fingerprint density at radius 3 is 2.32 bits per heavy atom. The monoisotopic (exact) mass is 293 g/mol. The van der Waals surface area contributed by atoms with Gasteiger partial charge in [-0.15, -0.1) is 0 Å². The summed E-state index contributed by atoms with van der Waals surface area (Å²) < 4.78 is 12.8. The van der Waals surface area contributed by atoms with Crippen LogP contribution in [0.1, 0.15) is 16.2 Å². The molecule has 0 saturated carbocycles. The van der Waals surface area contributed by atoms with E-state index >= 15 is 0 Å². The zero-order valence-corrected chi connectivity index (χ0v) is 11.6. The lowest BCUT2D eigenvalue weighted by Crippen LogP contribution is -2.07. The van der Waals surface area contributed by atoms with Gasteiger partial charge in [0.2, 0.25) is 0 Å².